The molecule has 0 saturated carbocycles. The van der Waals surface area contributed by atoms with Gasteiger partial charge in [0.05, 0.1) is 18.7 Å². The van der Waals surface area contributed by atoms with Crippen molar-refractivity contribution in [3.63, 3.8) is 0 Å². The lowest BCUT2D eigenvalue weighted by Gasteiger charge is -2.32. The number of nitriles is 1. The molecule has 0 radical (unpaired) electrons. The van der Waals surface area contributed by atoms with Crippen LogP contribution >= 0.6 is 0 Å². The molecule has 130 valence electrons. The Morgan fingerprint density at radius 1 is 1.44 bits per heavy atom. The van der Waals surface area contributed by atoms with Gasteiger partial charge in [0.2, 0.25) is 11.6 Å². The van der Waals surface area contributed by atoms with E-state index in [1.165, 1.54) is 12.4 Å². The fourth-order valence-electron chi connectivity index (χ4n) is 2.92. The molecule has 2 aromatic rings. The number of ether oxygens (including phenoxy) is 1. The molecule has 1 amide bonds. The smallest absolute Gasteiger partial charge is 0.251 e. The van der Waals surface area contributed by atoms with E-state index in [-0.39, 0.29) is 30.0 Å². The first-order valence-electron chi connectivity index (χ1n) is 8.15. The van der Waals surface area contributed by atoms with Crippen LogP contribution in [-0.2, 0) is 11.2 Å². The van der Waals surface area contributed by atoms with Crippen molar-refractivity contribution in [2.24, 2.45) is 0 Å². The van der Waals surface area contributed by atoms with Crippen LogP contribution in [-0.4, -0.2) is 45.1 Å². The Hall–Kier alpha value is -2.95. The maximum atomic E-state index is 12.6. The molecular formula is C17H19N5O3. The van der Waals surface area contributed by atoms with Gasteiger partial charge in [0, 0.05) is 24.5 Å². The molecule has 25 heavy (non-hydrogen) atoms. The largest absolute Gasteiger partial charge is 0.470 e. The zero-order chi connectivity index (χ0) is 17.8. The summed E-state index contributed by atoms with van der Waals surface area (Å²) in [6, 6.07) is 1.96. The van der Waals surface area contributed by atoms with E-state index in [1.807, 2.05) is 19.9 Å². The molecule has 1 aliphatic heterocycles. The molecule has 8 heteroatoms. The van der Waals surface area contributed by atoms with Crippen LogP contribution in [0, 0.1) is 25.2 Å². The van der Waals surface area contributed by atoms with Crippen LogP contribution in [0.3, 0.4) is 0 Å². The third-order valence-electron chi connectivity index (χ3n) is 4.29. The first-order chi connectivity index (χ1) is 12.1. The van der Waals surface area contributed by atoms with Crippen molar-refractivity contribution < 1.29 is 14.1 Å². The van der Waals surface area contributed by atoms with E-state index in [0.29, 0.717) is 18.8 Å². The standard InChI is InChI=1S/C17H19N5O3/c1-11-14(12(2)25-21-11)8-16(23)22-7-3-4-13(10-22)24-17-15(9-18)19-5-6-20-17/h5-6,13H,3-4,7-8,10H2,1-2H3/t13-/m1/s1. The van der Waals surface area contributed by atoms with Gasteiger partial charge in [-0.2, -0.15) is 5.26 Å². The normalized spacial score (nSPS) is 17.2. The Balaban J connectivity index is 1.65. The van der Waals surface area contributed by atoms with Crippen LogP contribution in [0.2, 0.25) is 0 Å². The lowest BCUT2D eigenvalue weighted by molar-refractivity contribution is -0.133. The van der Waals surface area contributed by atoms with Gasteiger partial charge in [0.15, 0.2) is 0 Å². The number of piperidine rings is 1. The molecule has 0 bridgehead atoms. The highest BCUT2D eigenvalue weighted by molar-refractivity contribution is 5.79. The highest BCUT2D eigenvalue weighted by Gasteiger charge is 2.27. The van der Waals surface area contributed by atoms with E-state index in [4.69, 9.17) is 14.5 Å². The number of amides is 1. The molecule has 1 aliphatic rings. The molecule has 0 aliphatic carbocycles. The minimum Gasteiger partial charge on any atom is -0.470 e. The average Bonchev–Trinajstić information content (AvgIpc) is 2.94. The van der Waals surface area contributed by atoms with Gasteiger partial charge >= 0.3 is 0 Å². The maximum Gasteiger partial charge on any atom is 0.251 e. The molecule has 3 rings (SSSR count). The van der Waals surface area contributed by atoms with Gasteiger partial charge in [-0.05, 0) is 26.7 Å². The lowest BCUT2D eigenvalue weighted by Crippen LogP contribution is -2.45. The van der Waals surface area contributed by atoms with Gasteiger partial charge in [-0.3, -0.25) is 4.79 Å². The number of carbonyl (C=O) groups excluding carboxylic acids is 1. The predicted octanol–water partition coefficient (Wildman–Crippen LogP) is 1.57. The van der Waals surface area contributed by atoms with E-state index in [9.17, 15) is 4.79 Å². The second kappa shape index (κ2) is 7.30. The van der Waals surface area contributed by atoms with E-state index in [0.717, 1.165) is 24.1 Å². The molecule has 8 nitrogen and oxygen atoms in total. The number of nitrogens with zero attached hydrogens (tertiary/aromatic N) is 5. The molecule has 0 aromatic carbocycles. The number of likely N-dealkylation sites (tertiary alicyclic amines) is 1. The summed E-state index contributed by atoms with van der Waals surface area (Å²) in [5.74, 6) is 0.909. The first kappa shape index (κ1) is 16.9. The van der Waals surface area contributed by atoms with Crippen molar-refractivity contribution in [3.05, 3.63) is 35.1 Å². The minimum absolute atomic E-state index is 0.0161. The maximum absolute atomic E-state index is 12.6. The number of aryl methyl sites for hydroxylation is 2. The van der Waals surface area contributed by atoms with Crippen molar-refractivity contribution >= 4 is 5.91 Å². The van der Waals surface area contributed by atoms with E-state index in [2.05, 4.69) is 15.1 Å². The van der Waals surface area contributed by atoms with E-state index >= 15 is 0 Å². The van der Waals surface area contributed by atoms with Gasteiger partial charge in [-0.25, -0.2) is 9.97 Å². The topological polar surface area (TPSA) is 105 Å². The summed E-state index contributed by atoms with van der Waals surface area (Å²) < 4.78 is 10.9. The molecule has 0 unspecified atom stereocenters. The second-order valence-electron chi connectivity index (χ2n) is 6.02. The molecule has 0 spiro atoms. The fourth-order valence-corrected chi connectivity index (χ4v) is 2.92. The monoisotopic (exact) mass is 341 g/mol. The van der Waals surface area contributed by atoms with Crippen LogP contribution in [0.25, 0.3) is 0 Å². The number of carbonyl (C=O) groups is 1. The second-order valence-corrected chi connectivity index (χ2v) is 6.02. The summed E-state index contributed by atoms with van der Waals surface area (Å²) in [6.07, 6.45) is 4.63. The van der Waals surface area contributed by atoms with Crippen molar-refractivity contribution in [1.82, 2.24) is 20.0 Å². The van der Waals surface area contributed by atoms with Crippen molar-refractivity contribution in [3.8, 4) is 11.9 Å². The summed E-state index contributed by atoms with van der Waals surface area (Å²) in [4.78, 5) is 22.4. The SMILES string of the molecule is Cc1noc(C)c1CC(=O)N1CCC[C@@H](Oc2nccnc2C#N)C1. The molecule has 3 heterocycles. The van der Waals surface area contributed by atoms with Gasteiger partial charge in [-0.1, -0.05) is 5.16 Å². The Morgan fingerprint density at radius 3 is 2.96 bits per heavy atom. The first-order valence-corrected chi connectivity index (χ1v) is 8.15. The number of aromatic nitrogens is 3. The Morgan fingerprint density at radius 2 is 2.24 bits per heavy atom. The van der Waals surface area contributed by atoms with Gasteiger partial charge in [-0.15, -0.1) is 0 Å². The van der Waals surface area contributed by atoms with Gasteiger partial charge in [0.25, 0.3) is 5.88 Å². The third-order valence-corrected chi connectivity index (χ3v) is 4.29. The third kappa shape index (κ3) is 3.76. The summed E-state index contributed by atoms with van der Waals surface area (Å²) in [7, 11) is 0. The van der Waals surface area contributed by atoms with E-state index < -0.39 is 0 Å². The van der Waals surface area contributed by atoms with Gasteiger partial charge in [0.1, 0.15) is 17.9 Å². The zero-order valence-electron chi connectivity index (χ0n) is 14.2. The van der Waals surface area contributed by atoms with Crippen molar-refractivity contribution in [2.45, 2.75) is 39.2 Å². The Kier molecular flexibility index (Phi) is 4.93. The number of hydrogen-bond acceptors (Lipinski definition) is 7. The zero-order valence-corrected chi connectivity index (χ0v) is 14.2. The summed E-state index contributed by atoms with van der Waals surface area (Å²) in [5, 5.41) is 13.0. The lowest BCUT2D eigenvalue weighted by atomic mass is 10.1. The van der Waals surface area contributed by atoms with Crippen LogP contribution < -0.4 is 4.74 Å². The summed E-state index contributed by atoms with van der Waals surface area (Å²) in [5.41, 5.74) is 1.74. The highest BCUT2D eigenvalue weighted by Crippen LogP contribution is 2.20. The summed E-state index contributed by atoms with van der Waals surface area (Å²) in [6.45, 7) is 4.79. The highest BCUT2D eigenvalue weighted by atomic mass is 16.5. The van der Waals surface area contributed by atoms with Crippen molar-refractivity contribution in [1.29, 1.82) is 5.26 Å². The quantitative estimate of drug-likeness (QED) is 0.831. The van der Waals surface area contributed by atoms with Crippen LogP contribution in [0.1, 0.15) is 35.6 Å². The molecular weight excluding hydrogens is 322 g/mol. The molecule has 1 fully saturated rings. The van der Waals surface area contributed by atoms with Crippen molar-refractivity contribution in [2.75, 3.05) is 13.1 Å². The minimum atomic E-state index is -0.203. The molecule has 1 atom stereocenters. The van der Waals surface area contributed by atoms with Crippen LogP contribution in [0.5, 0.6) is 5.88 Å². The average molecular weight is 341 g/mol. The number of rotatable bonds is 4. The molecule has 0 N–H and O–H groups in total. The predicted molar refractivity (Wildman–Crippen MR) is 86.7 cm³/mol. The Bertz CT molecular complexity index is 791. The fraction of sp³-hybridized carbons (Fsp3) is 0.471. The number of hydrogen-bond donors (Lipinski definition) is 0. The molecule has 1 saturated heterocycles. The Labute approximate surface area is 145 Å². The van der Waals surface area contributed by atoms with Crippen LogP contribution in [0.4, 0.5) is 0 Å². The summed E-state index contributed by atoms with van der Waals surface area (Å²) >= 11 is 0. The van der Waals surface area contributed by atoms with E-state index in [1.54, 1.807) is 4.90 Å². The molecule has 2 aromatic heterocycles. The van der Waals surface area contributed by atoms with Crippen LogP contribution in [0.15, 0.2) is 16.9 Å². The van der Waals surface area contributed by atoms with Gasteiger partial charge < -0.3 is 14.2 Å².